The molecule has 0 spiro atoms. The molecule has 0 unspecified atom stereocenters. The number of benzene rings is 3. The van der Waals surface area contributed by atoms with Crippen LogP contribution in [0, 0.1) is 3.57 Å². The number of carbonyl (C=O) groups excluding carboxylic acids is 4. The van der Waals surface area contributed by atoms with E-state index in [1.54, 1.807) is 37.3 Å². The van der Waals surface area contributed by atoms with Gasteiger partial charge in [0.2, 0.25) is 0 Å². The summed E-state index contributed by atoms with van der Waals surface area (Å²) < 4.78 is 17.1. The zero-order chi connectivity index (χ0) is 29.0. The number of carbonyl (C=O) groups is 4. The van der Waals surface area contributed by atoms with Crippen molar-refractivity contribution in [3.05, 3.63) is 90.5 Å². The molecule has 0 aliphatic carbocycles. The monoisotopic (exact) mass is 694 g/mol. The van der Waals surface area contributed by atoms with Gasteiger partial charge in [-0.1, -0.05) is 29.3 Å². The van der Waals surface area contributed by atoms with Crippen LogP contribution in [-0.2, 0) is 20.9 Å². The van der Waals surface area contributed by atoms with Crippen LogP contribution in [0.15, 0.2) is 60.2 Å². The second-order valence-electron chi connectivity index (χ2n) is 8.28. The second kappa shape index (κ2) is 12.7. The minimum absolute atomic E-state index is 0.149. The number of esters is 1. The van der Waals surface area contributed by atoms with Crippen molar-refractivity contribution in [2.24, 2.45) is 0 Å². The van der Waals surface area contributed by atoms with Crippen molar-refractivity contribution in [1.82, 2.24) is 5.32 Å². The number of hydrogen-bond acceptors (Lipinski definition) is 7. The molecule has 1 N–H and O–H groups in total. The summed E-state index contributed by atoms with van der Waals surface area (Å²) in [5.74, 6) is -1.42. The number of ether oxygens (including phenoxy) is 3. The predicted octanol–water partition coefficient (Wildman–Crippen LogP) is 6.03. The molecule has 3 aromatic rings. The van der Waals surface area contributed by atoms with Gasteiger partial charge in [0.1, 0.15) is 12.2 Å². The number of amides is 4. The molecule has 9 nitrogen and oxygen atoms in total. The molecule has 40 heavy (non-hydrogen) atoms. The first kappa shape index (κ1) is 29.4. The van der Waals surface area contributed by atoms with Gasteiger partial charge < -0.3 is 14.2 Å². The highest BCUT2D eigenvalue weighted by Gasteiger charge is 2.37. The van der Waals surface area contributed by atoms with Crippen LogP contribution in [0.2, 0.25) is 10.0 Å². The maximum absolute atomic E-state index is 13.3. The molecule has 0 aromatic heterocycles. The summed E-state index contributed by atoms with van der Waals surface area (Å²) in [5, 5.41) is 3.14. The Bertz CT molecular complexity index is 1540. The fourth-order valence-electron chi connectivity index (χ4n) is 3.77. The van der Waals surface area contributed by atoms with E-state index in [-0.39, 0.29) is 30.0 Å². The molecule has 0 atom stereocenters. The molecule has 1 aliphatic heterocycles. The molecule has 1 saturated heterocycles. The SMILES string of the molecule is CCOC(=O)c1ccc(N2C(=O)NC(=O)/C(=C\c3cc(I)c(OCc4ccc(Cl)cc4Cl)c(OC)c3)C2=O)cc1. The number of methoxy groups -OCH3 is 1. The molecule has 0 bridgehead atoms. The van der Waals surface area contributed by atoms with Crippen LogP contribution < -0.4 is 19.7 Å². The topological polar surface area (TPSA) is 111 Å². The third kappa shape index (κ3) is 6.40. The van der Waals surface area contributed by atoms with Crippen molar-refractivity contribution in [2.45, 2.75) is 13.5 Å². The second-order valence-corrected chi connectivity index (χ2v) is 10.3. The lowest BCUT2D eigenvalue weighted by molar-refractivity contribution is -0.122. The Morgan fingerprint density at radius 2 is 1.77 bits per heavy atom. The van der Waals surface area contributed by atoms with Gasteiger partial charge in [0.25, 0.3) is 11.8 Å². The number of urea groups is 1. The molecule has 1 heterocycles. The van der Waals surface area contributed by atoms with Crippen LogP contribution in [0.3, 0.4) is 0 Å². The van der Waals surface area contributed by atoms with Crippen molar-refractivity contribution in [1.29, 1.82) is 0 Å². The molecule has 0 radical (unpaired) electrons. The molecular weight excluding hydrogens is 674 g/mol. The first-order valence-electron chi connectivity index (χ1n) is 11.8. The van der Waals surface area contributed by atoms with Crippen LogP contribution in [0.5, 0.6) is 11.5 Å². The third-order valence-corrected chi connectivity index (χ3v) is 7.08. The Kier molecular flexibility index (Phi) is 9.33. The average Bonchev–Trinajstić information content (AvgIpc) is 2.91. The molecule has 206 valence electrons. The summed E-state index contributed by atoms with van der Waals surface area (Å²) in [6.07, 6.45) is 1.36. The van der Waals surface area contributed by atoms with Crippen molar-refractivity contribution >= 4 is 81.4 Å². The van der Waals surface area contributed by atoms with Gasteiger partial charge >= 0.3 is 12.0 Å². The number of imide groups is 2. The van der Waals surface area contributed by atoms with Gasteiger partial charge in [-0.15, -0.1) is 0 Å². The van der Waals surface area contributed by atoms with Crippen molar-refractivity contribution in [2.75, 3.05) is 18.6 Å². The van der Waals surface area contributed by atoms with Crippen molar-refractivity contribution in [3.63, 3.8) is 0 Å². The van der Waals surface area contributed by atoms with E-state index in [1.807, 2.05) is 0 Å². The van der Waals surface area contributed by atoms with E-state index >= 15 is 0 Å². The van der Waals surface area contributed by atoms with Crippen LogP contribution in [0.1, 0.15) is 28.4 Å². The van der Waals surface area contributed by atoms with E-state index in [4.69, 9.17) is 37.4 Å². The quantitative estimate of drug-likeness (QED) is 0.133. The van der Waals surface area contributed by atoms with Gasteiger partial charge in [0, 0.05) is 15.6 Å². The average molecular weight is 695 g/mol. The number of halogens is 3. The van der Waals surface area contributed by atoms with Gasteiger partial charge in [-0.05, 0) is 89.7 Å². The number of hydrogen-bond donors (Lipinski definition) is 1. The van der Waals surface area contributed by atoms with Crippen molar-refractivity contribution < 1.29 is 33.4 Å². The highest BCUT2D eigenvalue weighted by atomic mass is 127. The zero-order valence-electron chi connectivity index (χ0n) is 21.1. The summed E-state index contributed by atoms with van der Waals surface area (Å²) in [6.45, 7) is 2.04. The Hall–Kier alpha value is -3.61. The van der Waals surface area contributed by atoms with Gasteiger partial charge in [-0.25, -0.2) is 14.5 Å². The standard InChI is InChI=1S/C28H21Cl2IN2O7/c1-3-39-27(36)16-5-8-19(9-6-16)33-26(35)20(25(34)32-28(33)37)10-15-11-22(31)24(23(12-15)38-2)40-14-17-4-7-18(29)13-21(17)30/h4-13H,3,14H2,1-2H3,(H,32,34,37)/b20-10+. The minimum atomic E-state index is -0.909. The highest BCUT2D eigenvalue weighted by molar-refractivity contribution is 14.1. The maximum atomic E-state index is 13.3. The lowest BCUT2D eigenvalue weighted by Gasteiger charge is -2.26. The van der Waals surface area contributed by atoms with Crippen LogP contribution in [0.4, 0.5) is 10.5 Å². The van der Waals surface area contributed by atoms with E-state index in [1.165, 1.54) is 37.5 Å². The van der Waals surface area contributed by atoms with Crippen LogP contribution in [-0.4, -0.2) is 37.5 Å². The first-order chi connectivity index (χ1) is 19.1. The summed E-state index contributed by atoms with van der Waals surface area (Å²) in [4.78, 5) is 51.3. The molecular formula is C28H21Cl2IN2O7. The smallest absolute Gasteiger partial charge is 0.338 e. The van der Waals surface area contributed by atoms with Gasteiger partial charge in [-0.2, -0.15) is 0 Å². The number of barbiturate groups is 1. The van der Waals surface area contributed by atoms with Gasteiger partial charge in [-0.3, -0.25) is 14.9 Å². The Morgan fingerprint density at radius 1 is 1.05 bits per heavy atom. The maximum Gasteiger partial charge on any atom is 0.338 e. The Morgan fingerprint density at radius 3 is 2.42 bits per heavy atom. The summed E-state index contributed by atoms with van der Waals surface area (Å²) in [5.41, 5.74) is 1.34. The van der Waals surface area contributed by atoms with E-state index in [2.05, 4.69) is 27.9 Å². The summed E-state index contributed by atoms with van der Waals surface area (Å²) in [7, 11) is 1.46. The molecule has 1 aliphatic rings. The molecule has 12 heteroatoms. The van der Waals surface area contributed by atoms with E-state index in [9.17, 15) is 19.2 Å². The van der Waals surface area contributed by atoms with Crippen LogP contribution in [0.25, 0.3) is 6.08 Å². The molecule has 4 rings (SSSR count). The summed E-state index contributed by atoms with van der Waals surface area (Å²) in [6, 6.07) is 13.2. The first-order valence-corrected chi connectivity index (χ1v) is 13.6. The van der Waals surface area contributed by atoms with E-state index in [0.717, 1.165) is 10.5 Å². The normalized spacial score (nSPS) is 14.3. The zero-order valence-corrected chi connectivity index (χ0v) is 24.8. The molecule has 3 aromatic carbocycles. The third-order valence-electron chi connectivity index (χ3n) is 5.69. The molecule has 4 amide bonds. The number of anilines is 1. The lowest BCUT2D eigenvalue weighted by atomic mass is 10.1. The largest absolute Gasteiger partial charge is 0.493 e. The molecule has 0 saturated carbocycles. The fraction of sp³-hybridized carbons (Fsp3) is 0.143. The van der Waals surface area contributed by atoms with Gasteiger partial charge in [0.15, 0.2) is 11.5 Å². The number of rotatable bonds is 8. The lowest BCUT2D eigenvalue weighted by Crippen LogP contribution is -2.54. The van der Waals surface area contributed by atoms with Gasteiger partial charge in [0.05, 0.1) is 28.5 Å². The predicted molar refractivity (Wildman–Crippen MR) is 158 cm³/mol. The number of nitrogens with zero attached hydrogens (tertiary/aromatic N) is 1. The highest BCUT2D eigenvalue weighted by Crippen LogP contribution is 2.36. The van der Waals surface area contributed by atoms with E-state index < -0.39 is 23.8 Å². The van der Waals surface area contributed by atoms with Crippen LogP contribution >= 0.6 is 45.8 Å². The van der Waals surface area contributed by atoms with E-state index in [0.29, 0.717) is 30.7 Å². The Labute approximate surface area is 253 Å². The summed E-state index contributed by atoms with van der Waals surface area (Å²) >= 11 is 14.3. The minimum Gasteiger partial charge on any atom is -0.493 e. The Balaban J connectivity index is 1.61. The molecule has 1 fully saturated rings. The number of nitrogens with one attached hydrogen (secondary N) is 1. The van der Waals surface area contributed by atoms with Crippen molar-refractivity contribution in [3.8, 4) is 11.5 Å². The fourth-order valence-corrected chi connectivity index (χ4v) is 5.02.